The Morgan fingerprint density at radius 2 is 2.05 bits per heavy atom. The lowest BCUT2D eigenvalue weighted by Gasteiger charge is -2.25. The van der Waals surface area contributed by atoms with Crippen molar-refractivity contribution >= 4 is 17.3 Å². The van der Waals surface area contributed by atoms with Gasteiger partial charge in [-0.2, -0.15) is 10.2 Å². The summed E-state index contributed by atoms with van der Waals surface area (Å²) in [6.45, 7) is 6.34. The maximum absolute atomic E-state index is 10.6. The first kappa shape index (κ1) is 13.7. The maximum atomic E-state index is 10.6. The van der Waals surface area contributed by atoms with Gasteiger partial charge in [-0.25, -0.2) is 0 Å². The summed E-state index contributed by atoms with van der Waals surface area (Å²) in [7, 11) is 0. The van der Waals surface area contributed by atoms with Gasteiger partial charge in [-0.3, -0.25) is 10.1 Å². The molecule has 0 N–H and O–H groups in total. The average Bonchev–Trinajstić information content (AvgIpc) is 3.07. The van der Waals surface area contributed by atoms with Gasteiger partial charge in [0.25, 0.3) is 5.69 Å². The van der Waals surface area contributed by atoms with Gasteiger partial charge >= 0.3 is 0 Å². The Kier molecular flexibility index (Phi) is 3.22. The lowest BCUT2D eigenvalue weighted by molar-refractivity contribution is -0.384. The minimum Gasteiger partial charge on any atom is -0.487 e. The van der Waals surface area contributed by atoms with Crippen LogP contribution in [0, 0.1) is 15.5 Å². The highest BCUT2D eigenvalue weighted by atomic mass is 35.5. The van der Waals surface area contributed by atoms with Crippen LogP contribution in [0.15, 0.2) is 28.4 Å². The third-order valence-corrected chi connectivity index (χ3v) is 3.39. The SMILES string of the molecule is CC(C)(C)C1(COc2ccc([N+](=O)[O-])cc2Cl)N=N1. The molecule has 0 amide bonds. The maximum Gasteiger partial charge on any atom is 0.271 e. The molecule has 0 bridgehead atoms. The second-order valence-electron chi connectivity index (χ2n) is 5.43. The quantitative estimate of drug-likeness (QED) is 0.622. The van der Waals surface area contributed by atoms with Crippen molar-refractivity contribution < 1.29 is 9.66 Å². The number of non-ortho nitro benzene ring substituents is 1. The van der Waals surface area contributed by atoms with Crippen molar-refractivity contribution in [1.29, 1.82) is 0 Å². The van der Waals surface area contributed by atoms with Crippen LogP contribution in [0.2, 0.25) is 5.02 Å². The Morgan fingerprint density at radius 3 is 2.47 bits per heavy atom. The molecule has 1 heterocycles. The van der Waals surface area contributed by atoms with Crippen molar-refractivity contribution in [3.8, 4) is 5.75 Å². The number of rotatable bonds is 4. The van der Waals surface area contributed by atoms with E-state index in [4.69, 9.17) is 16.3 Å². The van der Waals surface area contributed by atoms with Crippen LogP contribution in [-0.2, 0) is 0 Å². The molecule has 0 fully saturated rings. The Morgan fingerprint density at radius 1 is 1.42 bits per heavy atom. The van der Waals surface area contributed by atoms with Crippen molar-refractivity contribution in [2.24, 2.45) is 15.6 Å². The molecular weight excluding hydrogens is 270 g/mol. The van der Waals surface area contributed by atoms with E-state index in [1.54, 1.807) is 0 Å². The number of ether oxygens (including phenoxy) is 1. The molecule has 1 aromatic rings. The Labute approximate surface area is 115 Å². The van der Waals surface area contributed by atoms with Gasteiger partial charge in [0.05, 0.1) is 9.95 Å². The van der Waals surface area contributed by atoms with Gasteiger partial charge in [0, 0.05) is 17.5 Å². The minimum absolute atomic E-state index is 0.0660. The molecule has 6 nitrogen and oxygen atoms in total. The van der Waals surface area contributed by atoms with E-state index in [-0.39, 0.29) is 22.7 Å². The predicted octanol–water partition coefficient (Wildman–Crippen LogP) is 3.84. The first-order valence-corrected chi connectivity index (χ1v) is 6.14. The summed E-state index contributed by atoms with van der Waals surface area (Å²) >= 11 is 5.95. The molecule has 2 rings (SSSR count). The topological polar surface area (TPSA) is 77.1 Å². The van der Waals surface area contributed by atoms with E-state index in [0.29, 0.717) is 5.75 Å². The van der Waals surface area contributed by atoms with Crippen LogP contribution in [0.1, 0.15) is 20.8 Å². The molecule has 7 heteroatoms. The van der Waals surface area contributed by atoms with E-state index in [1.807, 2.05) is 20.8 Å². The molecule has 0 unspecified atom stereocenters. The third-order valence-electron chi connectivity index (χ3n) is 3.10. The van der Waals surface area contributed by atoms with E-state index in [2.05, 4.69) is 10.2 Å². The van der Waals surface area contributed by atoms with Crippen molar-refractivity contribution in [2.45, 2.75) is 26.4 Å². The van der Waals surface area contributed by atoms with Crippen LogP contribution in [-0.4, -0.2) is 17.2 Å². The first-order valence-electron chi connectivity index (χ1n) is 5.76. The molecule has 0 aliphatic carbocycles. The largest absolute Gasteiger partial charge is 0.487 e. The normalized spacial score (nSPS) is 16.2. The van der Waals surface area contributed by atoms with E-state index in [9.17, 15) is 10.1 Å². The van der Waals surface area contributed by atoms with Crippen LogP contribution < -0.4 is 4.74 Å². The summed E-state index contributed by atoms with van der Waals surface area (Å²) in [6.07, 6.45) is 0. The van der Waals surface area contributed by atoms with Crippen molar-refractivity contribution in [3.05, 3.63) is 33.3 Å². The fraction of sp³-hybridized carbons (Fsp3) is 0.500. The van der Waals surface area contributed by atoms with Crippen LogP contribution in [0.4, 0.5) is 5.69 Å². The molecule has 0 radical (unpaired) electrons. The summed E-state index contributed by atoms with van der Waals surface area (Å²) < 4.78 is 5.58. The highest BCUT2D eigenvalue weighted by Gasteiger charge is 2.52. The second-order valence-corrected chi connectivity index (χ2v) is 5.83. The number of nitro benzene ring substituents is 1. The monoisotopic (exact) mass is 283 g/mol. The zero-order chi connectivity index (χ0) is 14.3. The molecule has 0 spiro atoms. The third kappa shape index (κ3) is 2.68. The number of nitro groups is 1. The Hall–Kier alpha value is -1.69. The van der Waals surface area contributed by atoms with Crippen molar-refractivity contribution in [1.82, 2.24) is 0 Å². The highest BCUT2D eigenvalue weighted by Crippen LogP contribution is 2.45. The van der Waals surface area contributed by atoms with E-state index < -0.39 is 10.6 Å². The van der Waals surface area contributed by atoms with E-state index in [1.165, 1.54) is 18.2 Å². The van der Waals surface area contributed by atoms with Crippen LogP contribution in [0.3, 0.4) is 0 Å². The first-order chi connectivity index (χ1) is 8.75. The number of hydrogen-bond donors (Lipinski definition) is 0. The molecule has 1 aromatic carbocycles. The Balaban J connectivity index is 2.07. The fourth-order valence-electron chi connectivity index (χ4n) is 1.53. The van der Waals surface area contributed by atoms with Crippen LogP contribution in [0.5, 0.6) is 5.75 Å². The second kappa shape index (κ2) is 4.45. The number of nitrogens with zero attached hydrogens (tertiary/aromatic N) is 3. The molecule has 102 valence electrons. The minimum atomic E-state index is -0.544. The molecule has 0 aromatic heterocycles. The summed E-state index contributed by atoms with van der Waals surface area (Å²) in [5, 5.41) is 18.9. The molecule has 0 saturated heterocycles. The summed E-state index contributed by atoms with van der Waals surface area (Å²) in [6, 6.07) is 4.10. The lowest BCUT2D eigenvalue weighted by Crippen LogP contribution is -2.36. The molecular formula is C12H14ClN3O3. The van der Waals surface area contributed by atoms with Crippen molar-refractivity contribution in [3.63, 3.8) is 0 Å². The van der Waals surface area contributed by atoms with Gasteiger partial charge in [0.2, 0.25) is 5.66 Å². The zero-order valence-electron chi connectivity index (χ0n) is 10.9. The van der Waals surface area contributed by atoms with E-state index in [0.717, 1.165) is 0 Å². The van der Waals surface area contributed by atoms with Crippen LogP contribution >= 0.6 is 11.6 Å². The number of hydrogen-bond acceptors (Lipinski definition) is 5. The summed E-state index contributed by atoms with van der Waals surface area (Å²) in [5.74, 6) is 0.396. The standard InChI is InChI=1S/C12H14ClN3O3/c1-11(2,3)12(14-15-12)7-19-10-5-4-8(16(17)18)6-9(10)13/h4-6H,7H2,1-3H3. The summed E-state index contributed by atoms with van der Waals surface area (Å²) in [5.41, 5.74) is -0.748. The van der Waals surface area contributed by atoms with Gasteiger partial charge in [-0.05, 0) is 6.07 Å². The smallest absolute Gasteiger partial charge is 0.271 e. The zero-order valence-corrected chi connectivity index (χ0v) is 11.6. The van der Waals surface area contributed by atoms with Gasteiger partial charge in [-0.1, -0.05) is 32.4 Å². The van der Waals surface area contributed by atoms with Gasteiger partial charge < -0.3 is 4.74 Å². The molecule has 0 atom stereocenters. The molecule has 0 saturated carbocycles. The average molecular weight is 284 g/mol. The van der Waals surface area contributed by atoms with E-state index >= 15 is 0 Å². The van der Waals surface area contributed by atoms with Gasteiger partial charge in [-0.15, -0.1) is 0 Å². The molecule has 19 heavy (non-hydrogen) atoms. The van der Waals surface area contributed by atoms with Gasteiger partial charge in [0.1, 0.15) is 12.4 Å². The predicted molar refractivity (Wildman–Crippen MR) is 70.6 cm³/mol. The van der Waals surface area contributed by atoms with Crippen LogP contribution in [0.25, 0.3) is 0 Å². The van der Waals surface area contributed by atoms with Gasteiger partial charge in [0.15, 0.2) is 0 Å². The number of benzene rings is 1. The number of halogens is 1. The summed E-state index contributed by atoms with van der Waals surface area (Å²) in [4.78, 5) is 10.1. The fourth-order valence-corrected chi connectivity index (χ4v) is 1.76. The lowest BCUT2D eigenvalue weighted by atomic mass is 9.84. The molecule has 1 aliphatic rings. The highest BCUT2D eigenvalue weighted by molar-refractivity contribution is 6.32. The van der Waals surface area contributed by atoms with Crippen molar-refractivity contribution in [2.75, 3.05) is 6.61 Å². The Bertz CT molecular complexity index is 546. The molecule has 1 aliphatic heterocycles.